The summed E-state index contributed by atoms with van der Waals surface area (Å²) in [6, 6.07) is 4.76. The van der Waals surface area contributed by atoms with Gasteiger partial charge in [0.15, 0.2) is 0 Å². The number of aryl methyl sites for hydroxylation is 1. The van der Waals surface area contributed by atoms with E-state index < -0.39 is 11.7 Å². The highest BCUT2D eigenvalue weighted by molar-refractivity contribution is 5.42. The number of anilines is 1. The molecule has 90 valence electrons. The number of aromatic nitrogens is 2. The van der Waals surface area contributed by atoms with Gasteiger partial charge in [-0.05, 0) is 31.2 Å². The fourth-order valence-corrected chi connectivity index (χ4v) is 1.53. The molecule has 3 nitrogen and oxygen atoms in total. The van der Waals surface area contributed by atoms with Crippen LogP contribution in [0.5, 0.6) is 0 Å². The van der Waals surface area contributed by atoms with Crippen LogP contribution in [0.2, 0.25) is 0 Å². The molecular formula is C11H10F3N3. The normalized spacial score (nSPS) is 11.8. The molecule has 0 bridgehead atoms. The van der Waals surface area contributed by atoms with Crippen LogP contribution in [0.25, 0.3) is 5.69 Å². The van der Waals surface area contributed by atoms with Crippen LogP contribution in [0, 0.1) is 6.92 Å². The molecule has 2 aromatic rings. The summed E-state index contributed by atoms with van der Waals surface area (Å²) in [5, 5.41) is 0. The summed E-state index contributed by atoms with van der Waals surface area (Å²) in [6.07, 6.45) is -2.66. The lowest BCUT2D eigenvalue weighted by Crippen LogP contribution is -2.05. The summed E-state index contributed by atoms with van der Waals surface area (Å²) in [7, 11) is 0. The maximum Gasteiger partial charge on any atom is 0.416 e. The number of nitrogens with two attached hydrogens (primary N) is 1. The molecule has 0 spiro atoms. The van der Waals surface area contributed by atoms with Crippen LogP contribution < -0.4 is 5.73 Å². The largest absolute Gasteiger partial charge is 0.416 e. The van der Waals surface area contributed by atoms with Gasteiger partial charge in [-0.3, -0.25) is 4.57 Å². The van der Waals surface area contributed by atoms with Crippen molar-refractivity contribution in [3.63, 3.8) is 0 Å². The zero-order valence-corrected chi connectivity index (χ0v) is 8.99. The number of benzene rings is 1. The lowest BCUT2D eigenvalue weighted by molar-refractivity contribution is -0.137. The summed E-state index contributed by atoms with van der Waals surface area (Å²) in [6.45, 7) is 1.76. The SMILES string of the molecule is Cc1cn(-c2ccc(C(F)(F)F)cc2)c(N)n1. The third kappa shape index (κ3) is 2.25. The van der Waals surface area contributed by atoms with Crippen molar-refractivity contribution >= 4 is 5.95 Å². The minimum atomic E-state index is -4.32. The molecule has 0 aliphatic heterocycles. The molecule has 1 aromatic carbocycles. The molecule has 1 heterocycles. The number of hydrogen-bond donors (Lipinski definition) is 1. The molecule has 0 fully saturated rings. The summed E-state index contributed by atoms with van der Waals surface area (Å²) in [4.78, 5) is 3.98. The number of halogens is 3. The van der Waals surface area contributed by atoms with Crippen LogP contribution in [0.4, 0.5) is 19.1 Å². The maximum absolute atomic E-state index is 12.4. The van der Waals surface area contributed by atoms with E-state index in [1.165, 1.54) is 16.7 Å². The number of hydrogen-bond acceptors (Lipinski definition) is 2. The third-order valence-electron chi connectivity index (χ3n) is 2.33. The Labute approximate surface area is 95.7 Å². The zero-order valence-electron chi connectivity index (χ0n) is 8.99. The van der Waals surface area contributed by atoms with E-state index in [4.69, 9.17) is 5.73 Å². The highest BCUT2D eigenvalue weighted by Gasteiger charge is 2.30. The first-order chi connectivity index (χ1) is 7.88. The predicted octanol–water partition coefficient (Wildman–Crippen LogP) is 2.78. The molecule has 0 saturated heterocycles. The minimum absolute atomic E-state index is 0.252. The topological polar surface area (TPSA) is 43.8 Å². The van der Waals surface area contributed by atoms with E-state index in [0.717, 1.165) is 12.1 Å². The Morgan fingerprint density at radius 3 is 2.18 bits per heavy atom. The monoisotopic (exact) mass is 241 g/mol. The van der Waals surface area contributed by atoms with E-state index in [1.807, 2.05) is 0 Å². The quantitative estimate of drug-likeness (QED) is 0.834. The van der Waals surface area contributed by atoms with Gasteiger partial charge in [0.05, 0.1) is 11.3 Å². The van der Waals surface area contributed by atoms with Gasteiger partial charge >= 0.3 is 6.18 Å². The van der Waals surface area contributed by atoms with Gasteiger partial charge in [-0.25, -0.2) is 4.98 Å². The van der Waals surface area contributed by atoms with Crippen molar-refractivity contribution < 1.29 is 13.2 Å². The van der Waals surface area contributed by atoms with Crippen molar-refractivity contribution in [1.82, 2.24) is 9.55 Å². The lowest BCUT2D eigenvalue weighted by Gasteiger charge is -2.08. The van der Waals surface area contributed by atoms with E-state index in [-0.39, 0.29) is 5.95 Å². The van der Waals surface area contributed by atoms with Gasteiger partial charge in [0, 0.05) is 11.9 Å². The second-order valence-electron chi connectivity index (χ2n) is 3.66. The van der Waals surface area contributed by atoms with E-state index in [0.29, 0.717) is 11.4 Å². The molecule has 0 radical (unpaired) electrons. The first kappa shape index (κ1) is 11.5. The van der Waals surface area contributed by atoms with Gasteiger partial charge in [-0.2, -0.15) is 13.2 Å². The number of alkyl halides is 3. The standard InChI is InChI=1S/C11H10F3N3/c1-7-6-17(10(15)16-7)9-4-2-8(3-5-9)11(12,13)14/h2-6H,1H3,(H2,15,16). The summed E-state index contributed by atoms with van der Waals surface area (Å²) < 4.78 is 38.6. The Bertz CT molecular complexity index is 526. The minimum Gasteiger partial charge on any atom is -0.369 e. The highest BCUT2D eigenvalue weighted by atomic mass is 19.4. The molecule has 0 atom stereocenters. The van der Waals surface area contributed by atoms with Crippen molar-refractivity contribution in [2.75, 3.05) is 5.73 Å². The molecule has 2 N–H and O–H groups in total. The van der Waals surface area contributed by atoms with Crippen LogP contribution in [-0.2, 0) is 6.18 Å². The molecule has 17 heavy (non-hydrogen) atoms. The van der Waals surface area contributed by atoms with Gasteiger partial charge in [-0.1, -0.05) is 0 Å². The second kappa shape index (κ2) is 3.80. The van der Waals surface area contributed by atoms with Crippen molar-refractivity contribution in [2.45, 2.75) is 13.1 Å². The van der Waals surface area contributed by atoms with Crippen LogP contribution in [0.15, 0.2) is 30.5 Å². The Kier molecular flexibility index (Phi) is 2.57. The lowest BCUT2D eigenvalue weighted by atomic mass is 10.2. The van der Waals surface area contributed by atoms with Gasteiger partial charge in [0.1, 0.15) is 0 Å². The summed E-state index contributed by atoms with van der Waals surface area (Å²) in [5.41, 5.74) is 6.21. The van der Waals surface area contributed by atoms with Crippen molar-refractivity contribution in [3.8, 4) is 5.69 Å². The van der Waals surface area contributed by atoms with Gasteiger partial charge in [0.25, 0.3) is 0 Å². The van der Waals surface area contributed by atoms with Crippen LogP contribution in [0.1, 0.15) is 11.3 Å². The summed E-state index contributed by atoms with van der Waals surface area (Å²) in [5.74, 6) is 0.252. The van der Waals surface area contributed by atoms with Crippen molar-refractivity contribution in [1.29, 1.82) is 0 Å². The average Bonchev–Trinajstić information content (AvgIpc) is 2.57. The van der Waals surface area contributed by atoms with E-state index in [2.05, 4.69) is 4.98 Å². The summed E-state index contributed by atoms with van der Waals surface area (Å²) >= 11 is 0. The Morgan fingerprint density at radius 1 is 1.18 bits per heavy atom. The Hall–Kier alpha value is -1.98. The van der Waals surface area contributed by atoms with Crippen molar-refractivity contribution in [2.24, 2.45) is 0 Å². The van der Waals surface area contributed by atoms with Crippen LogP contribution >= 0.6 is 0 Å². The third-order valence-corrected chi connectivity index (χ3v) is 2.33. The second-order valence-corrected chi connectivity index (χ2v) is 3.66. The van der Waals surface area contributed by atoms with Crippen LogP contribution in [0.3, 0.4) is 0 Å². The number of nitrogens with zero attached hydrogens (tertiary/aromatic N) is 2. The van der Waals surface area contributed by atoms with E-state index >= 15 is 0 Å². The van der Waals surface area contributed by atoms with Crippen molar-refractivity contribution in [3.05, 3.63) is 41.7 Å². The predicted molar refractivity (Wildman–Crippen MR) is 57.7 cm³/mol. The average molecular weight is 241 g/mol. The number of rotatable bonds is 1. The molecule has 2 rings (SSSR count). The van der Waals surface area contributed by atoms with Gasteiger partial charge < -0.3 is 5.73 Å². The highest BCUT2D eigenvalue weighted by Crippen LogP contribution is 2.29. The fourth-order valence-electron chi connectivity index (χ4n) is 1.53. The molecule has 0 aliphatic rings. The Morgan fingerprint density at radius 2 is 1.76 bits per heavy atom. The number of nitrogen functional groups attached to an aromatic ring is 1. The molecular weight excluding hydrogens is 231 g/mol. The van der Waals surface area contributed by atoms with Gasteiger partial charge in [-0.15, -0.1) is 0 Å². The molecule has 0 aliphatic carbocycles. The molecule has 0 saturated carbocycles. The first-order valence-corrected chi connectivity index (χ1v) is 4.87. The molecule has 1 aromatic heterocycles. The van der Waals surface area contributed by atoms with Crippen LogP contribution in [-0.4, -0.2) is 9.55 Å². The van der Waals surface area contributed by atoms with Gasteiger partial charge in [0.2, 0.25) is 5.95 Å². The Balaban J connectivity index is 2.39. The molecule has 0 amide bonds. The first-order valence-electron chi connectivity index (χ1n) is 4.87. The smallest absolute Gasteiger partial charge is 0.369 e. The maximum atomic E-state index is 12.4. The molecule has 0 unspecified atom stereocenters. The number of imidazole rings is 1. The fraction of sp³-hybridized carbons (Fsp3) is 0.182. The van der Waals surface area contributed by atoms with E-state index in [9.17, 15) is 13.2 Å². The molecule has 6 heteroatoms. The zero-order chi connectivity index (χ0) is 12.6. The van der Waals surface area contributed by atoms with E-state index in [1.54, 1.807) is 13.1 Å².